The van der Waals surface area contributed by atoms with E-state index >= 15 is 0 Å². The van der Waals surface area contributed by atoms with Crippen LogP contribution in [0.1, 0.15) is 20.3 Å². The molecule has 6 heteroatoms. The van der Waals surface area contributed by atoms with Gasteiger partial charge in [-0.2, -0.15) is 0 Å². The number of nitrogens with two attached hydrogens (primary N) is 1. The number of anilines is 2. The van der Waals surface area contributed by atoms with E-state index in [2.05, 4.69) is 19.2 Å². The second kappa shape index (κ2) is 7.50. The van der Waals surface area contributed by atoms with Crippen molar-refractivity contribution in [2.75, 3.05) is 22.6 Å². The molecule has 106 valence electrons. The van der Waals surface area contributed by atoms with Crippen LogP contribution in [-0.4, -0.2) is 21.6 Å². The number of benzene rings is 1. The number of carbonyl (C=O) groups excluding carboxylic acids is 1. The lowest BCUT2D eigenvalue weighted by Crippen LogP contribution is -2.21. The molecule has 0 saturated heterocycles. The molecule has 1 rings (SSSR count). The number of halogens is 1. The van der Waals surface area contributed by atoms with E-state index in [1.807, 2.05) is 0 Å². The topological polar surface area (TPSA) is 72.2 Å². The van der Waals surface area contributed by atoms with Gasteiger partial charge in [0.05, 0.1) is 10.7 Å². The second-order valence-electron chi connectivity index (χ2n) is 4.76. The highest BCUT2D eigenvalue weighted by Gasteiger charge is 2.11. The van der Waals surface area contributed by atoms with Gasteiger partial charge in [0, 0.05) is 22.2 Å². The molecule has 4 nitrogen and oxygen atoms in total. The Labute approximate surface area is 121 Å². The maximum Gasteiger partial charge on any atom is 0.237 e. The van der Waals surface area contributed by atoms with Gasteiger partial charge in [0.15, 0.2) is 0 Å². The van der Waals surface area contributed by atoms with Crippen LogP contribution in [0, 0.1) is 5.92 Å². The lowest BCUT2D eigenvalue weighted by Gasteiger charge is -2.08. The van der Waals surface area contributed by atoms with Gasteiger partial charge in [-0.15, -0.1) is 0 Å². The standard InChI is InChI=1S/C13H19ClN2O2S/c1-9(2)5-6-19(18)8-13(17)16-12-7-10(15)3-4-11(12)14/h3-4,7,9H,5-6,8,15H2,1-2H3,(H,16,17). The third-order valence-electron chi connectivity index (χ3n) is 2.48. The average Bonchev–Trinajstić information content (AvgIpc) is 2.31. The molecule has 0 fully saturated rings. The first-order valence-corrected chi connectivity index (χ1v) is 7.95. The minimum absolute atomic E-state index is 0.0160. The molecule has 1 aromatic rings. The second-order valence-corrected chi connectivity index (χ2v) is 6.74. The minimum atomic E-state index is -1.14. The van der Waals surface area contributed by atoms with Gasteiger partial charge in [-0.3, -0.25) is 9.00 Å². The first-order valence-electron chi connectivity index (χ1n) is 6.08. The molecule has 0 spiro atoms. The zero-order valence-electron chi connectivity index (χ0n) is 11.1. The zero-order valence-corrected chi connectivity index (χ0v) is 12.7. The van der Waals surface area contributed by atoms with Crippen molar-refractivity contribution < 1.29 is 9.00 Å². The van der Waals surface area contributed by atoms with Gasteiger partial charge in [-0.1, -0.05) is 25.4 Å². The monoisotopic (exact) mass is 302 g/mol. The van der Waals surface area contributed by atoms with Crippen molar-refractivity contribution in [2.45, 2.75) is 20.3 Å². The Morgan fingerprint density at radius 2 is 2.16 bits per heavy atom. The number of amides is 1. The fourth-order valence-electron chi connectivity index (χ4n) is 1.41. The number of nitrogen functional groups attached to an aromatic ring is 1. The smallest absolute Gasteiger partial charge is 0.237 e. The summed E-state index contributed by atoms with van der Waals surface area (Å²) in [7, 11) is -1.14. The summed E-state index contributed by atoms with van der Waals surface area (Å²) in [5.41, 5.74) is 6.58. The molecule has 0 bridgehead atoms. The maximum absolute atomic E-state index is 11.7. The summed E-state index contributed by atoms with van der Waals surface area (Å²) in [6.07, 6.45) is 0.846. The normalized spacial score (nSPS) is 12.4. The van der Waals surface area contributed by atoms with Gasteiger partial charge < -0.3 is 11.1 Å². The lowest BCUT2D eigenvalue weighted by atomic mass is 10.2. The molecule has 0 aliphatic heterocycles. The Morgan fingerprint density at radius 3 is 2.79 bits per heavy atom. The van der Waals surface area contributed by atoms with Crippen LogP contribution < -0.4 is 11.1 Å². The number of rotatable bonds is 6. The highest BCUT2D eigenvalue weighted by atomic mass is 35.5. The maximum atomic E-state index is 11.7. The van der Waals surface area contributed by atoms with E-state index in [-0.39, 0.29) is 11.7 Å². The highest BCUT2D eigenvalue weighted by molar-refractivity contribution is 7.85. The summed E-state index contributed by atoms with van der Waals surface area (Å²) >= 11 is 5.93. The highest BCUT2D eigenvalue weighted by Crippen LogP contribution is 2.23. The lowest BCUT2D eigenvalue weighted by molar-refractivity contribution is -0.113. The van der Waals surface area contributed by atoms with Crippen molar-refractivity contribution in [2.24, 2.45) is 5.92 Å². The van der Waals surface area contributed by atoms with E-state index < -0.39 is 10.8 Å². The largest absolute Gasteiger partial charge is 0.399 e. The van der Waals surface area contributed by atoms with Crippen molar-refractivity contribution in [3.63, 3.8) is 0 Å². The molecular formula is C13H19ClN2O2S. The molecule has 0 aliphatic carbocycles. The van der Waals surface area contributed by atoms with Crippen LogP contribution in [-0.2, 0) is 15.6 Å². The van der Waals surface area contributed by atoms with Gasteiger partial charge in [0.25, 0.3) is 0 Å². The van der Waals surface area contributed by atoms with Gasteiger partial charge in [-0.25, -0.2) is 0 Å². The van der Waals surface area contributed by atoms with Crippen LogP contribution in [0.3, 0.4) is 0 Å². The summed E-state index contributed by atoms with van der Waals surface area (Å²) in [5.74, 6) is 0.693. The molecule has 3 N–H and O–H groups in total. The molecule has 1 atom stereocenters. The van der Waals surface area contributed by atoms with E-state index in [4.69, 9.17) is 17.3 Å². The summed E-state index contributed by atoms with van der Waals surface area (Å²) in [6, 6.07) is 4.85. The molecule has 19 heavy (non-hydrogen) atoms. The van der Waals surface area contributed by atoms with E-state index in [1.165, 1.54) is 0 Å². The number of nitrogens with one attached hydrogen (secondary N) is 1. The van der Waals surface area contributed by atoms with Crippen LogP contribution >= 0.6 is 11.6 Å². The zero-order chi connectivity index (χ0) is 14.4. The van der Waals surface area contributed by atoms with Gasteiger partial charge in [0.2, 0.25) is 5.91 Å². The van der Waals surface area contributed by atoms with Crippen molar-refractivity contribution in [3.8, 4) is 0 Å². The van der Waals surface area contributed by atoms with Crippen molar-refractivity contribution >= 4 is 39.7 Å². The van der Waals surface area contributed by atoms with Crippen molar-refractivity contribution in [1.82, 2.24) is 0 Å². The van der Waals surface area contributed by atoms with Crippen LogP contribution in [0.15, 0.2) is 18.2 Å². The van der Waals surface area contributed by atoms with Crippen molar-refractivity contribution in [1.29, 1.82) is 0 Å². The van der Waals surface area contributed by atoms with Gasteiger partial charge in [0.1, 0.15) is 5.75 Å². The van der Waals surface area contributed by atoms with E-state index in [1.54, 1.807) is 18.2 Å². The van der Waals surface area contributed by atoms with Crippen molar-refractivity contribution in [3.05, 3.63) is 23.2 Å². The average molecular weight is 303 g/mol. The van der Waals surface area contributed by atoms with Gasteiger partial charge >= 0.3 is 0 Å². The molecule has 0 saturated carbocycles. The summed E-state index contributed by atoms with van der Waals surface area (Å²) in [6.45, 7) is 4.12. The van der Waals surface area contributed by atoms with Crippen LogP contribution in [0.2, 0.25) is 5.02 Å². The van der Waals surface area contributed by atoms with Gasteiger partial charge in [-0.05, 0) is 30.5 Å². The predicted molar refractivity (Wildman–Crippen MR) is 81.8 cm³/mol. The molecule has 0 radical (unpaired) electrons. The Morgan fingerprint density at radius 1 is 1.47 bits per heavy atom. The first kappa shape index (κ1) is 16.0. The fraction of sp³-hybridized carbons (Fsp3) is 0.462. The Balaban J connectivity index is 2.51. The SMILES string of the molecule is CC(C)CCS(=O)CC(=O)Nc1cc(N)ccc1Cl. The van der Waals surface area contributed by atoms with E-state index in [0.29, 0.717) is 28.1 Å². The van der Waals surface area contributed by atoms with Crippen LogP contribution in [0.25, 0.3) is 0 Å². The molecule has 0 aromatic heterocycles. The molecule has 1 unspecified atom stereocenters. The fourth-order valence-corrected chi connectivity index (χ4v) is 2.82. The summed E-state index contributed by atoms with van der Waals surface area (Å²) in [5, 5.41) is 3.04. The third kappa shape index (κ3) is 6.07. The first-order chi connectivity index (χ1) is 8.88. The minimum Gasteiger partial charge on any atom is -0.399 e. The Hall–Kier alpha value is -1.07. The molecule has 0 heterocycles. The third-order valence-corrected chi connectivity index (χ3v) is 4.08. The predicted octanol–water partition coefficient (Wildman–Crippen LogP) is 2.66. The van der Waals surface area contributed by atoms with E-state index in [9.17, 15) is 9.00 Å². The molecule has 1 aromatic carbocycles. The molecular weight excluding hydrogens is 284 g/mol. The number of hydrogen-bond acceptors (Lipinski definition) is 3. The van der Waals surface area contributed by atoms with Crippen LogP contribution in [0.5, 0.6) is 0 Å². The summed E-state index contributed by atoms with van der Waals surface area (Å²) in [4.78, 5) is 11.7. The van der Waals surface area contributed by atoms with Crippen LogP contribution in [0.4, 0.5) is 11.4 Å². The quantitative estimate of drug-likeness (QED) is 0.794. The molecule has 0 aliphatic rings. The molecule has 1 amide bonds. The Bertz CT molecular complexity index is 478. The number of hydrogen-bond donors (Lipinski definition) is 2. The van der Waals surface area contributed by atoms with E-state index in [0.717, 1.165) is 6.42 Å². The summed E-state index contributed by atoms with van der Waals surface area (Å²) < 4.78 is 11.7. The number of carbonyl (C=O) groups is 1. The Kier molecular flexibility index (Phi) is 6.31.